The van der Waals surface area contributed by atoms with Crippen LogP contribution in [0.25, 0.3) is 6.08 Å². The van der Waals surface area contributed by atoms with Gasteiger partial charge in [-0.2, -0.15) is 4.31 Å². The van der Waals surface area contributed by atoms with Crippen LogP contribution in [0.3, 0.4) is 0 Å². The topological polar surface area (TPSA) is 40.6 Å². The van der Waals surface area contributed by atoms with Crippen molar-refractivity contribution in [1.82, 2.24) is 9.21 Å². The average Bonchev–Trinajstić information content (AvgIpc) is 2.58. The van der Waals surface area contributed by atoms with Crippen molar-refractivity contribution in [3.8, 4) is 0 Å². The molecule has 0 N–H and O–H groups in total. The van der Waals surface area contributed by atoms with Gasteiger partial charge in [0.1, 0.15) is 0 Å². The summed E-state index contributed by atoms with van der Waals surface area (Å²) in [5, 5.41) is 0. The van der Waals surface area contributed by atoms with Crippen molar-refractivity contribution in [2.45, 2.75) is 26.2 Å². The fourth-order valence-corrected chi connectivity index (χ4v) is 4.36. The third-order valence-corrected chi connectivity index (χ3v) is 6.16. The van der Waals surface area contributed by atoms with Gasteiger partial charge in [-0.25, -0.2) is 8.42 Å². The van der Waals surface area contributed by atoms with Gasteiger partial charge < -0.3 is 4.90 Å². The smallest absolute Gasteiger partial charge is 0.214 e. The van der Waals surface area contributed by atoms with Crippen molar-refractivity contribution in [2.75, 3.05) is 38.5 Å². The quantitative estimate of drug-likeness (QED) is 0.733. The largest absolute Gasteiger partial charge is 0.300 e. The summed E-state index contributed by atoms with van der Waals surface area (Å²) in [4.78, 5) is 2.35. The zero-order chi connectivity index (χ0) is 16.5. The van der Waals surface area contributed by atoms with Crippen LogP contribution in [-0.2, 0) is 10.0 Å². The highest BCUT2D eigenvalue weighted by atomic mass is 32.2. The molecule has 0 amide bonds. The third kappa shape index (κ3) is 6.09. The summed E-state index contributed by atoms with van der Waals surface area (Å²) in [6.07, 6.45) is 7.02. The van der Waals surface area contributed by atoms with Gasteiger partial charge in [-0.1, -0.05) is 55.8 Å². The van der Waals surface area contributed by atoms with Gasteiger partial charge in [-0.15, -0.1) is 0 Å². The molecule has 1 fully saturated rings. The molecule has 5 heteroatoms. The summed E-state index contributed by atoms with van der Waals surface area (Å²) in [7, 11) is -3.04. The van der Waals surface area contributed by atoms with E-state index in [1.165, 1.54) is 5.56 Å². The van der Waals surface area contributed by atoms with E-state index in [-0.39, 0.29) is 0 Å². The maximum Gasteiger partial charge on any atom is 0.214 e. The van der Waals surface area contributed by atoms with E-state index in [9.17, 15) is 8.42 Å². The van der Waals surface area contributed by atoms with E-state index in [0.717, 1.165) is 38.9 Å². The molecular weight excluding hydrogens is 308 g/mol. The van der Waals surface area contributed by atoms with Gasteiger partial charge in [0.15, 0.2) is 0 Å². The standard InChI is InChI=1S/C18H28N2O2S/c1-2-3-17-23(21,22)20-15-13-19(14-16-20)12-8-7-11-18-9-5-4-6-10-18/h4-7,9-11H,2-3,8,12-17H2,1H3/b11-7+. The summed E-state index contributed by atoms with van der Waals surface area (Å²) in [6, 6.07) is 10.3. The Morgan fingerprint density at radius 3 is 2.43 bits per heavy atom. The highest BCUT2D eigenvalue weighted by Crippen LogP contribution is 2.10. The van der Waals surface area contributed by atoms with Crippen LogP contribution in [-0.4, -0.2) is 56.1 Å². The normalized spacial score (nSPS) is 17.8. The second-order valence-corrected chi connectivity index (χ2v) is 8.10. The molecule has 128 valence electrons. The van der Waals surface area contributed by atoms with Crippen molar-refractivity contribution in [2.24, 2.45) is 0 Å². The molecule has 2 rings (SSSR count). The third-order valence-electron chi connectivity index (χ3n) is 4.20. The first-order valence-corrected chi connectivity index (χ1v) is 10.1. The van der Waals surface area contributed by atoms with Crippen LogP contribution in [0.2, 0.25) is 0 Å². The molecule has 1 aliphatic heterocycles. The van der Waals surface area contributed by atoms with E-state index in [1.54, 1.807) is 4.31 Å². The van der Waals surface area contributed by atoms with Crippen LogP contribution in [0.15, 0.2) is 36.4 Å². The molecule has 4 nitrogen and oxygen atoms in total. The number of hydrogen-bond acceptors (Lipinski definition) is 3. The van der Waals surface area contributed by atoms with Crippen LogP contribution in [0.5, 0.6) is 0 Å². The molecule has 0 atom stereocenters. The van der Waals surface area contributed by atoms with Gasteiger partial charge in [0, 0.05) is 32.7 Å². The zero-order valence-electron chi connectivity index (χ0n) is 14.0. The van der Waals surface area contributed by atoms with Gasteiger partial charge in [-0.3, -0.25) is 0 Å². The Morgan fingerprint density at radius 2 is 1.78 bits per heavy atom. The predicted octanol–water partition coefficient (Wildman–Crippen LogP) is 2.84. The van der Waals surface area contributed by atoms with Gasteiger partial charge >= 0.3 is 0 Å². The van der Waals surface area contributed by atoms with Crippen molar-refractivity contribution in [3.63, 3.8) is 0 Å². The lowest BCUT2D eigenvalue weighted by molar-refractivity contribution is 0.191. The molecule has 0 saturated carbocycles. The Balaban J connectivity index is 1.70. The van der Waals surface area contributed by atoms with Gasteiger partial charge in [0.25, 0.3) is 0 Å². The Hall–Kier alpha value is -1.17. The highest BCUT2D eigenvalue weighted by molar-refractivity contribution is 7.89. The molecule has 23 heavy (non-hydrogen) atoms. The number of nitrogens with zero attached hydrogens (tertiary/aromatic N) is 2. The summed E-state index contributed by atoms with van der Waals surface area (Å²) >= 11 is 0. The molecule has 1 aromatic carbocycles. The molecule has 0 unspecified atom stereocenters. The minimum Gasteiger partial charge on any atom is -0.300 e. The van der Waals surface area contributed by atoms with Crippen LogP contribution in [0, 0.1) is 0 Å². The van der Waals surface area contributed by atoms with E-state index >= 15 is 0 Å². The second kappa shape index (κ2) is 9.21. The molecule has 0 aliphatic carbocycles. The van der Waals surface area contributed by atoms with Crippen molar-refractivity contribution in [3.05, 3.63) is 42.0 Å². The molecule has 1 aliphatic rings. The fourth-order valence-electron chi connectivity index (χ4n) is 2.73. The number of hydrogen-bond donors (Lipinski definition) is 0. The molecule has 1 heterocycles. The molecule has 1 aromatic rings. The lowest BCUT2D eigenvalue weighted by Crippen LogP contribution is -2.49. The zero-order valence-corrected chi connectivity index (χ0v) is 14.8. The van der Waals surface area contributed by atoms with E-state index in [4.69, 9.17) is 0 Å². The first kappa shape index (κ1) is 18.2. The first-order valence-electron chi connectivity index (χ1n) is 8.53. The number of piperazine rings is 1. The second-order valence-electron chi connectivity index (χ2n) is 6.01. The van der Waals surface area contributed by atoms with Crippen molar-refractivity contribution >= 4 is 16.1 Å². The van der Waals surface area contributed by atoms with E-state index in [1.807, 2.05) is 25.1 Å². The van der Waals surface area contributed by atoms with Crippen molar-refractivity contribution in [1.29, 1.82) is 0 Å². The van der Waals surface area contributed by atoms with Crippen molar-refractivity contribution < 1.29 is 8.42 Å². The fraction of sp³-hybridized carbons (Fsp3) is 0.556. The lowest BCUT2D eigenvalue weighted by Gasteiger charge is -2.33. The summed E-state index contributed by atoms with van der Waals surface area (Å²) in [5.74, 6) is 0.295. The van der Waals surface area contributed by atoms with Crippen LogP contribution < -0.4 is 0 Å². The Bertz CT molecular complexity index is 576. The van der Waals surface area contributed by atoms with E-state index in [2.05, 4.69) is 29.2 Å². The summed E-state index contributed by atoms with van der Waals surface area (Å²) in [5.41, 5.74) is 1.22. The van der Waals surface area contributed by atoms with Gasteiger partial charge in [-0.05, 0) is 18.4 Å². The Labute approximate surface area is 140 Å². The minimum absolute atomic E-state index is 0.295. The van der Waals surface area contributed by atoms with E-state index < -0.39 is 10.0 Å². The predicted molar refractivity (Wildman–Crippen MR) is 96.8 cm³/mol. The van der Waals surface area contributed by atoms with Gasteiger partial charge in [0.2, 0.25) is 10.0 Å². The van der Waals surface area contributed by atoms with Crippen LogP contribution >= 0.6 is 0 Å². The molecule has 0 aromatic heterocycles. The Kier molecular flexibility index (Phi) is 7.27. The van der Waals surface area contributed by atoms with E-state index in [0.29, 0.717) is 18.8 Å². The monoisotopic (exact) mass is 336 g/mol. The molecule has 0 bridgehead atoms. The van der Waals surface area contributed by atoms with Crippen LogP contribution in [0.1, 0.15) is 31.7 Å². The molecular formula is C18H28N2O2S. The highest BCUT2D eigenvalue weighted by Gasteiger charge is 2.25. The average molecular weight is 337 g/mol. The number of rotatable bonds is 8. The first-order chi connectivity index (χ1) is 11.1. The van der Waals surface area contributed by atoms with Crippen LogP contribution in [0.4, 0.5) is 0 Å². The maximum absolute atomic E-state index is 12.2. The molecule has 1 saturated heterocycles. The number of sulfonamides is 1. The molecule has 0 radical (unpaired) electrons. The maximum atomic E-state index is 12.2. The lowest BCUT2D eigenvalue weighted by atomic mass is 10.2. The summed E-state index contributed by atoms with van der Waals surface area (Å²) < 4.78 is 26.0. The molecule has 0 spiro atoms. The minimum atomic E-state index is -3.04. The number of unbranched alkanes of at least 4 members (excludes halogenated alkanes) is 1. The Morgan fingerprint density at radius 1 is 1.09 bits per heavy atom. The SMILES string of the molecule is CCCCS(=O)(=O)N1CCN(CC/C=C/c2ccccc2)CC1. The van der Waals surface area contributed by atoms with Gasteiger partial charge in [0.05, 0.1) is 5.75 Å². The number of benzene rings is 1. The summed E-state index contributed by atoms with van der Waals surface area (Å²) in [6.45, 7) is 5.96.